The molecule has 0 heterocycles. The van der Waals surface area contributed by atoms with Crippen molar-refractivity contribution in [3.63, 3.8) is 0 Å². The molecule has 0 amide bonds. The van der Waals surface area contributed by atoms with Crippen LogP contribution in [-0.2, 0) is 0 Å². The molecule has 72 valence electrons. The van der Waals surface area contributed by atoms with Crippen molar-refractivity contribution in [2.24, 2.45) is 0 Å². The third-order valence-corrected chi connectivity index (χ3v) is 2.23. The maximum Gasteiger partial charge on any atom is 0.119 e. The summed E-state index contributed by atoms with van der Waals surface area (Å²) in [6.07, 6.45) is 0. The number of phenols is 1. The van der Waals surface area contributed by atoms with E-state index in [0.29, 0.717) is 11.7 Å². The number of benzene rings is 1. The van der Waals surface area contributed by atoms with E-state index >= 15 is 0 Å². The van der Waals surface area contributed by atoms with Gasteiger partial charge in [0.2, 0.25) is 0 Å². The summed E-state index contributed by atoms with van der Waals surface area (Å²) in [5.41, 5.74) is 2.11. The van der Waals surface area contributed by atoms with Crippen LogP contribution < -0.4 is 5.32 Å². The van der Waals surface area contributed by atoms with E-state index in [9.17, 15) is 5.11 Å². The quantitative estimate of drug-likeness (QED) is 0.744. The highest BCUT2D eigenvalue weighted by molar-refractivity contribution is 5.38. The average Bonchev–Trinajstić information content (AvgIpc) is 2.04. The number of aryl methyl sites for hydroxylation is 1. The Kier molecular flexibility index (Phi) is 3.32. The normalized spacial score (nSPS) is 12.8. The summed E-state index contributed by atoms with van der Waals surface area (Å²) >= 11 is 0. The van der Waals surface area contributed by atoms with Gasteiger partial charge in [0.25, 0.3) is 0 Å². The van der Waals surface area contributed by atoms with E-state index in [1.54, 1.807) is 0 Å². The lowest BCUT2D eigenvalue weighted by molar-refractivity contribution is 0.461. The second-order valence-corrected chi connectivity index (χ2v) is 3.52. The standard InChI is InChI=1S/C11H17NO/c1-8-4-5-10(11(13)6-8)9(2)7-12-3/h4-6,9,12-13H,7H2,1-3H3. The van der Waals surface area contributed by atoms with Crippen molar-refractivity contribution < 1.29 is 5.11 Å². The van der Waals surface area contributed by atoms with Crippen LogP contribution in [0.2, 0.25) is 0 Å². The molecule has 1 atom stereocenters. The summed E-state index contributed by atoms with van der Waals surface area (Å²) in [4.78, 5) is 0. The highest BCUT2D eigenvalue weighted by Gasteiger charge is 2.08. The lowest BCUT2D eigenvalue weighted by atomic mass is 9.99. The van der Waals surface area contributed by atoms with Crippen LogP contribution in [0.25, 0.3) is 0 Å². The predicted molar refractivity (Wildman–Crippen MR) is 55.2 cm³/mol. The molecule has 0 bridgehead atoms. The molecule has 2 nitrogen and oxygen atoms in total. The van der Waals surface area contributed by atoms with E-state index < -0.39 is 0 Å². The Bertz CT molecular complexity index is 283. The van der Waals surface area contributed by atoms with Crippen molar-refractivity contribution in [3.05, 3.63) is 29.3 Å². The van der Waals surface area contributed by atoms with Gasteiger partial charge in [-0.15, -0.1) is 0 Å². The van der Waals surface area contributed by atoms with E-state index in [1.165, 1.54) is 0 Å². The Labute approximate surface area is 79.6 Å². The van der Waals surface area contributed by atoms with E-state index in [2.05, 4.69) is 12.2 Å². The Morgan fingerprint density at radius 1 is 1.46 bits per heavy atom. The summed E-state index contributed by atoms with van der Waals surface area (Å²) in [6.45, 7) is 4.96. The Balaban J connectivity index is 2.88. The first kappa shape index (κ1) is 10.1. The van der Waals surface area contributed by atoms with E-state index in [-0.39, 0.29) is 0 Å². The third-order valence-electron chi connectivity index (χ3n) is 2.23. The molecule has 1 aromatic carbocycles. The summed E-state index contributed by atoms with van der Waals surface area (Å²) < 4.78 is 0. The Morgan fingerprint density at radius 2 is 2.15 bits per heavy atom. The zero-order chi connectivity index (χ0) is 9.84. The van der Waals surface area contributed by atoms with Crippen molar-refractivity contribution >= 4 is 0 Å². The molecule has 0 aliphatic heterocycles. The highest BCUT2D eigenvalue weighted by Crippen LogP contribution is 2.25. The topological polar surface area (TPSA) is 32.3 Å². The van der Waals surface area contributed by atoms with Gasteiger partial charge in [0.15, 0.2) is 0 Å². The second-order valence-electron chi connectivity index (χ2n) is 3.52. The van der Waals surface area contributed by atoms with Gasteiger partial charge in [-0.05, 0) is 37.1 Å². The molecule has 1 aromatic rings. The fourth-order valence-corrected chi connectivity index (χ4v) is 1.49. The average molecular weight is 179 g/mol. The van der Waals surface area contributed by atoms with Gasteiger partial charge in [0.05, 0.1) is 0 Å². The lowest BCUT2D eigenvalue weighted by Crippen LogP contribution is -2.14. The number of hydrogen-bond acceptors (Lipinski definition) is 2. The smallest absolute Gasteiger partial charge is 0.119 e. The van der Waals surface area contributed by atoms with Crippen LogP contribution in [0.1, 0.15) is 24.0 Å². The van der Waals surface area contributed by atoms with Crippen LogP contribution in [0.3, 0.4) is 0 Å². The minimum Gasteiger partial charge on any atom is -0.508 e. The monoisotopic (exact) mass is 179 g/mol. The molecule has 2 heteroatoms. The van der Waals surface area contributed by atoms with Crippen molar-refractivity contribution in [1.29, 1.82) is 0 Å². The first-order valence-corrected chi connectivity index (χ1v) is 4.59. The fraction of sp³-hybridized carbons (Fsp3) is 0.455. The van der Waals surface area contributed by atoms with Crippen LogP contribution in [0.5, 0.6) is 5.75 Å². The van der Waals surface area contributed by atoms with E-state index in [1.807, 2.05) is 32.2 Å². The molecule has 0 saturated carbocycles. The van der Waals surface area contributed by atoms with Crippen LogP contribution >= 0.6 is 0 Å². The fourth-order valence-electron chi connectivity index (χ4n) is 1.49. The minimum atomic E-state index is 0.352. The van der Waals surface area contributed by atoms with E-state index in [4.69, 9.17) is 0 Å². The first-order chi connectivity index (χ1) is 6.15. The molecule has 1 unspecified atom stereocenters. The lowest BCUT2D eigenvalue weighted by Gasteiger charge is -2.13. The SMILES string of the molecule is CNCC(C)c1ccc(C)cc1O. The molecule has 0 radical (unpaired) electrons. The number of nitrogens with one attached hydrogen (secondary N) is 1. The van der Waals surface area contributed by atoms with Gasteiger partial charge in [-0.3, -0.25) is 0 Å². The Hall–Kier alpha value is -1.02. The predicted octanol–water partition coefficient (Wildman–Crippen LogP) is 2.02. The van der Waals surface area contributed by atoms with Crippen LogP contribution in [-0.4, -0.2) is 18.7 Å². The summed E-state index contributed by atoms with van der Waals surface area (Å²) in [5, 5.41) is 12.8. The van der Waals surface area contributed by atoms with Gasteiger partial charge in [-0.25, -0.2) is 0 Å². The number of phenolic OH excluding ortho intramolecular Hbond substituents is 1. The minimum absolute atomic E-state index is 0.352. The molecule has 13 heavy (non-hydrogen) atoms. The van der Waals surface area contributed by atoms with Crippen LogP contribution in [0, 0.1) is 6.92 Å². The largest absolute Gasteiger partial charge is 0.508 e. The molecule has 2 N–H and O–H groups in total. The molecule has 1 rings (SSSR count). The van der Waals surface area contributed by atoms with E-state index in [0.717, 1.165) is 17.7 Å². The maximum atomic E-state index is 9.66. The van der Waals surface area contributed by atoms with Crippen molar-refractivity contribution in [2.75, 3.05) is 13.6 Å². The van der Waals surface area contributed by atoms with Gasteiger partial charge in [0, 0.05) is 6.54 Å². The number of hydrogen-bond donors (Lipinski definition) is 2. The molecule has 0 aliphatic rings. The number of rotatable bonds is 3. The van der Waals surface area contributed by atoms with Gasteiger partial charge in [0.1, 0.15) is 5.75 Å². The summed E-state index contributed by atoms with van der Waals surface area (Å²) in [5.74, 6) is 0.758. The summed E-state index contributed by atoms with van der Waals surface area (Å²) in [6, 6.07) is 5.83. The van der Waals surface area contributed by atoms with Crippen molar-refractivity contribution in [2.45, 2.75) is 19.8 Å². The second kappa shape index (κ2) is 4.28. The van der Waals surface area contributed by atoms with Gasteiger partial charge < -0.3 is 10.4 Å². The molecule has 0 aromatic heterocycles. The molecule has 0 saturated heterocycles. The molecule has 0 fully saturated rings. The van der Waals surface area contributed by atoms with Gasteiger partial charge in [-0.1, -0.05) is 19.1 Å². The summed E-state index contributed by atoms with van der Waals surface area (Å²) in [7, 11) is 1.92. The first-order valence-electron chi connectivity index (χ1n) is 4.59. The molecular formula is C11H17NO. The van der Waals surface area contributed by atoms with Gasteiger partial charge in [-0.2, -0.15) is 0 Å². The number of aromatic hydroxyl groups is 1. The Morgan fingerprint density at radius 3 is 2.69 bits per heavy atom. The van der Waals surface area contributed by atoms with Crippen molar-refractivity contribution in [3.8, 4) is 5.75 Å². The number of likely N-dealkylation sites (N-methyl/N-ethyl adjacent to an activating group) is 1. The van der Waals surface area contributed by atoms with Crippen molar-refractivity contribution in [1.82, 2.24) is 5.32 Å². The zero-order valence-electron chi connectivity index (χ0n) is 8.46. The molecule has 0 aliphatic carbocycles. The zero-order valence-corrected chi connectivity index (χ0v) is 8.46. The maximum absolute atomic E-state index is 9.66. The van der Waals surface area contributed by atoms with Crippen LogP contribution in [0.4, 0.5) is 0 Å². The molecule has 0 spiro atoms. The van der Waals surface area contributed by atoms with Crippen LogP contribution in [0.15, 0.2) is 18.2 Å². The van der Waals surface area contributed by atoms with Gasteiger partial charge >= 0.3 is 0 Å². The molecular weight excluding hydrogens is 162 g/mol. The third kappa shape index (κ3) is 2.46. The highest BCUT2D eigenvalue weighted by atomic mass is 16.3.